The van der Waals surface area contributed by atoms with Crippen LogP contribution in [-0.4, -0.2) is 29.6 Å². The number of morpholine rings is 1. The average Bonchev–Trinajstić information content (AvgIpc) is 2.52. The van der Waals surface area contributed by atoms with Gasteiger partial charge in [-0.05, 0) is 17.7 Å². The Bertz CT molecular complexity index is 631. The van der Waals surface area contributed by atoms with Crippen molar-refractivity contribution in [2.45, 2.75) is 12.6 Å². The van der Waals surface area contributed by atoms with E-state index in [1.807, 2.05) is 0 Å². The Labute approximate surface area is 138 Å². The van der Waals surface area contributed by atoms with Gasteiger partial charge in [-0.3, -0.25) is 9.88 Å². The first-order chi connectivity index (χ1) is 10.6. The van der Waals surface area contributed by atoms with E-state index in [2.05, 4.69) is 9.88 Å². The smallest absolute Gasteiger partial charge is 0.123 e. The minimum absolute atomic E-state index is 0.0752. The van der Waals surface area contributed by atoms with Crippen molar-refractivity contribution in [3.63, 3.8) is 0 Å². The van der Waals surface area contributed by atoms with E-state index in [4.69, 9.17) is 27.9 Å². The molecule has 116 valence electrons. The Morgan fingerprint density at radius 3 is 2.55 bits per heavy atom. The molecule has 1 aliphatic rings. The summed E-state index contributed by atoms with van der Waals surface area (Å²) in [7, 11) is 0. The Kier molecular flexibility index (Phi) is 4.93. The van der Waals surface area contributed by atoms with Crippen LogP contribution >= 0.6 is 23.2 Å². The van der Waals surface area contributed by atoms with Gasteiger partial charge in [0.2, 0.25) is 0 Å². The van der Waals surface area contributed by atoms with Gasteiger partial charge in [0, 0.05) is 37.6 Å². The summed E-state index contributed by atoms with van der Waals surface area (Å²) in [5, 5.41) is 1.13. The largest absolute Gasteiger partial charge is 0.371 e. The van der Waals surface area contributed by atoms with Crippen LogP contribution < -0.4 is 0 Å². The molecule has 0 aliphatic carbocycles. The Hall–Kier alpha value is -1.20. The zero-order chi connectivity index (χ0) is 15.5. The van der Waals surface area contributed by atoms with Gasteiger partial charge in [0.1, 0.15) is 5.82 Å². The van der Waals surface area contributed by atoms with Crippen LogP contribution in [0.5, 0.6) is 0 Å². The number of rotatable bonds is 3. The first-order valence-electron chi connectivity index (χ1n) is 7.01. The van der Waals surface area contributed by atoms with Gasteiger partial charge < -0.3 is 4.74 Å². The van der Waals surface area contributed by atoms with Crippen LogP contribution in [0.15, 0.2) is 36.7 Å². The normalized spacial score (nSPS) is 19.3. The third kappa shape index (κ3) is 3.58. The molecule has 2 heterocycles. The molecule has 3 rings (SSSR count). The van der Waals surface area contributed by atoms with Gasteiger partial charge in [-0.2, -0.15) is 0 Å². The standard InChI is InChI=1S/C16H15Cl2FN2O/c17-14-7-20-8-15(18)13(14)9-21-5-6-22-16(10-21)11-1-3-12(19)4-2-11/h1-4,7-8,16H,5-6,9-10H2. The quantitative estimate of drug-likeness (QED) is 0.840. The third-order valence-corrected chi connectivity index (χ3v) is 4.38. The van der Waals surface area contributed by atoms with Crippen LogP contribution in [0.1, 0.15) is 17.2 Å². The van der Waals surface area contributed by atoms with Crippen molar-refractivity contribution in [2.75, 3.05) is 19.7 Å². The van der Waals surface area contributed by atoms with Crippen LogP contribution in [0.3, 0.4) is 0 Å². The molecule has 0 amide bonds. The van der Waals surface area contributed by atoms with E-state index in [1.165, 1.54) is 12.1 Å². The molecule has 0 spiro atoms. The lowest BCUT2D eigenvalue weighted by Gasteiger charge is -2.33. The summed E-state index contributed by atoms with van der Waals surface area (Å²) >= 11 is 12.3. The molecule has 1 unspecified atom stereocenters. The molecule has 1 fully saturated rings. The third-order valence-electron chi connectivity index (χ3n) is 3.73. The van der Waals surface area contributed by atoms with Crippen molar-refractivity contribution in [3.8, 4) is 0 Å². The molecule has 1 saturated heterocycles. The first kappa shape index (κ1) is 15.7. The van der Waals surface area contributed by atoms with E-state index >= 15 is 0 Å². The number of hydrogen-bond acceptors (Lipinski definition) is 3. The maximum atomic E-state index is 13.0. The van der Waals surface area contributed by atoms with Crippen LogP contribution in [0, 0.1) is 5.82 Å². The number of aromatic nitrogens is 1. The summed E-state index contributed by atoms with van der Waals surface area (Å²) < 4.78 is 18.8. The second kappa shape index (κ2) is 6.92. The fourth-order valence-electron chi connectivity index (χ4n) is 2.54. The summed E-state index contributed by atoms with van der Waals surface area (Å²) in [5.41, 5.74) is 1.84. The molecule has 1 atom stereocenters. The van der Waals surface area contributed by atoms with Crippen LogP contribution in [0.4, 0.5) is 4.39 Å². The Balaban J connectivity index is 1.72. The van der Waals surface area contributed by atoms with Gasteiger partial charge in [-0.1, -0.05) is 35.3 Å². The van der Waals surface area contributed by atoms with E-state index < -0.39 is 0 Å². The lowest BCUT2D eigenvalue weighted by atomic mass is 10.1. The van der Waals surface area contributed by atoms with Crippen molar-refractivity contribution in [3.05, 3.63) is 63.6 Å². The van der Waals surface area contributed by atoms with Crippen LogP contribution in [-0.2, 0) is 11.3 Å². The molecule has 1 aromatic carbocycles. The maximum Gasteiger partial charge on any atom is 0.123 e. The van der Waals surface area contributed by atoms with Crippen LogP contribution in [0.2, 0.25) is 10.0 Å². The first-order valence-corrected chi connectivity index (χ1v) is 7.76. The van der Waals surface area contributed by atoms with E-state index in [0.717, 1.165) is 17.7 Å². The Morgan fingerprint density at radius 2 is 1.86 bits per heavy atom. The van der Waals surface area contributed by atoms with Crippen molar-refractivity contribution in [2.24, 2.45) is 0 Å². The molecule has 2 aromatic rings. The van der Waals surface area contributed by atoms with Gasteiger partial charge in [-0.25, -0.2) is 4.39 Å². The molecule has 0 N–H and O–H groups in total. The second-order valence-electron chi connectivity index (χ2n) is 5.23. The van der Waals surface area contributed by atoms with Gasteiger partial charge in [-0.15, -0.1) is 0 Å². The fraction of sp³-hybridized carbons (Fsp3) is 0.312. The van der Waals surface area contributed by atoms with E-state index in [9.17, 15) is 4.39 Å². The SMILES string of the molecule is Fc1ccc(C2CN(Cc3c(Cl)cncc3Cl)CCO2)cc1. The van der Waals surface area contributed by atoms with Crippen molar-refractivity contribution in [1.82, 2.24) is 9.88 Å². The van der Waals surface area contributed by atoms with Gasteiger partial charge in [0.15, 0.2) is 0 Å². The van der Waals surface area contributed by atoms with Gasteiger partial charge in [0.05, 0.1) is 22.8 Å². The minimum Gasteiger partial charge on any atom is -0.371 e. The zero-order valence-corrected chi connectivity index (χ0v) is 13.3. The fourth-order valence-corrected chi connectivity index (χ4v) is 3.02. The summed E-state index contributed by atoms with van der Waals surface area (Å²) in [6.07, 6.45) is 3.12. The molecule has 0 radical (unpaired) electrons. The average molecular weight is 341 g/mol. The summed E-state index contributed by atoms with van der Waals surface area (Å²) in [6, 6.07) is 6.42. The van der Waals surface area contributed by atoms with Crippen LogP contribution in [0.25, 0.3) is 0 Å². The topological polar surface area (TPSA) is 25.4 Å². The van der Waals surface area contributed by atoms with Gasteiger partial charge >= 0.3 is 0 Å². The number of nitrogens with zero attached hydrogens (tertiary/aromatic N) is 2. The van der Waals surface area contributed by atoms with Gasteiger partial charge in [0.25, 0.3) is 0 Å². The number of benzene rings is 1. The monoisotopic (exact) mass is 340 g/mol. The molecular weight excluding hydrogens is 326 g/mol. The number of hydrogen-bond donors (Lipinski definition) is 0. The molecule has 6 heteroatoms. The minimum atomic E-state index is -0.244. The molecule has 1 aromatic heterocycles. The summed E-state index contributed by atoms with van der Waals surface area (Å²) in [4.78, 5) is 6.19. The summed E-state index contributed by atoms with van der Waals surface area (Å²) in [6.45, 7) is 2.76. The van der Waals surface area contributed by atoms with Crippen molar-refractivity contribution >= 4 is 23.2 Å². The summed E-state index contributed by atoms with van der Waals surface area (Å²) in [5.74, 6) is -0.244. The van der Waals surface area contributed by atoms with Crippen molar-refractivity contribution < 1.29 is 9.13 Å². The molecule has 0 bridgehead atoms. The second-order valence-corrected chi connectivity index (χ2v) is 6.04. The lowest BCUT2D eigenvalue weighted by molar-refractivity contribution is -0.0329. The number of ether oxygens (including phenoxy) is 1. The predicted octanol–water partition coefficient (Wildman–Crippen LogP) is 4.10. The highest BCUT2D eigenvalue weighted by molar-refractivity contribution is 6.35. The molecule has 3 nitrogen and oxygen atoms in total. The zero-order valence-electron chi connectivity index (χ0n) is 11.8. The Morgan fingerprint density at radius 1 is 1.18 bits per heavy atom. The highest BCUT2D eigenvalue weighted by Gasteiger charge is 2.23. The molecular formula is C16H15Cl2FN2O. The highest BCUT2D eigenvalue weighted by Crippen LogP contribution is 2.28. The predicted molar refractivity (Wildman–Crippen MR) is 84.6 cm³/mol. The van der Waals surface area contributed by atoms with E-state index in [-0.39, 0.29) is 11.9 Å². The maximum absolute atomic E-state index is 13.0. The molecule has 1 aliphatic heterocycles. The molecule has 22 heavy (non-hydrogen) atoms. The van der Waals surface area contributed by atoms with Crippen molar-refractivity contribution in [1.29, 1.82) is 0 Å². The van der Waals surface area contributed by atoms with E-state index in [0.29, 0.717) is 29.7 Å². The number of halogens is 3. The lowest BCUT2D eigenvalue weighted by Crippen LogP contribution is -2.37. The number of pyridine rings is 1. The molecule has 0 saturated carbocycles. The van der Waals surface area contributed by atoms with E-state index in [1.54, 1.807) is 24.5 Å². The highest BCUT2D eigenvalue weighted by atomic mass is 35.5.